The minimum absolute atomic E-state index is 0.240. The number of benzene rings is 1. The van der Waals surface area contributed by atoms with Crippen molar-refractivity contribution in [2.45, 2.75) is 20.3 Å². The summed E-state index contributed by atoms with van der Waals surface area (Å²) in [5.41, 5.74) is 2.84. The summed E-state index contributed by atoms with van der Waals surface area (Å²) in [5.74, 6) is -0.240. The topological polar surface area (TPSA) is 12.9 Å². The van der Waals surface area contributed by atoms with E-state index in [9.17, 15) is 4.39 Å². The van der Waals surface area contributed by atoms with Crippen molar-refractivity contribution in [1.29, 1.82) is 0 Å². The second-order valence-electron chi connectivity index (χ2n) is 3.72. The lowest BCUT2D eigenvalue weighted by Crippen LogP contribution is -1.92. The molecule has 0 unspecified atom stereocenters. The fourth-order valence-corrected chi connectivity index (χ4v) is 1.78. The first-order valence-corrected chi connectivity index (χ1v) is 5.46. The molecule has 1 aromatic carbocycles. The summed E-state index contributed by atoms with van der Waals surface area (Å²) in [6, 6.07) is 6.80. The molecule has 0 aliphatic heterocycles. The van der Waals surface area contributed by atoms with Gasteiger partial charge in [-0.25, -0.2) is 9.37 Å². The molecule has 2 rings (SSSR count). The second-order valence-corrected chi connectivity index (χ2v) is 3.72. The van der Waals surface area contributed by atoms with E-state index in [1.54, 1.807) is 6.07 Å². The third kappa shape index (κ3) is 1.96. The van der Waals surface area contributed by atoms with Gasteiger partial charge in [-0.3, -0.25) is 0 Å². The molecular weight excluding hydrogens is 201 g/mol. The minimum Gasteiger partial charge on any atom is -0.248 e. The molecule has 0 bridgehead atoms. The summed E-state index contributed by atoms with van der Waals surface area (Å²) >= 11 is 0. The second kappa shape index (κ2) is 4.44. The van der Waals surface area contributed by atoms with Crippen LogP contribution in [0.2, 0.25) is 0 Å². The quantitative estimate of drug-likeness (QED) is 0.738. The standard InChI is InChI=1S/C14H14FN/c1-3-5-13-10(4-2)8-11-6-7-12(15)9-14(11)16-13/h3,5-9H,4H2,1-2H3/b5-3-. The van der Waals surface area contributed by atoms with E-state index in [1.807, 2.05) is 19.1 Å². The molecule has 0 N–H and O–H groups in total. The molecule has 0 aliphatic rings. The van der Waals surface area contributed by atoms with Crippen LogP contribution >= 0.6 is 0 Å². The first-order valence-electron chi connectivity index (χ1n) is 5.46. The zero-order valence-electron chi connectivity index (χ0n) is 9.50. The minimum atomic E-state index is -0.240. The highest BCUT2D eigenvalue weighted by atomic mass is 19.1. The van der Waals surface area contributed by atoms with E-state index in [1.165, 1.54) is 17.7 Å². The molecule has 16 heavy (non-hydrogen) atoms. The van der Waals surface area contributed by atoms with Crippen LogP contribution in [0.3, 0.4) is 0 Å². The Hall–Kier alpha value is -1.70. The maximum absolute atomic E-state index is 13.1. The van der Waals surface area contributed by atoms with E-state index < -0.39 is 0 Å². The third-order valence-electron chi connectivity index (χ3n) is 2.60. The fraction of sp³-hybridized carbons (Fsp3) is 0.214. The van der Waals surface area contributed by atoms with Crippen LogP contribution in [0.1, 0.15) is 25.1 Å². The zero-order chi connectivity index (χ0) is 11.5. The van der Waals surface area contributed by atoms with E-state index >= 15 is 0 Å². The molecule has 0 spiro atoms. The van der Waals surface area contributed by atoms with Crippen molar-refractivity contribution in [3.63, 3.8) is 0 Å². The van der Waals surface area contributed by atoms with Gasteiger partial charge in [-0.2, -0.15) is 0 Å². The summed E-state index contributed by atoms with van der Waals surface area (Å²) in [7, 11) is 0. The van der Waals surface area contributed by atoms with E-state index in [0.717, 1.165) is 17.5 Å². The van der Waals surface area contributed by atoms with Gasteiger partial charge in [0.25, 0.3) is 0 Å². The Balaban J connectivity index is 2.70. The van der Waals surface area contributed by atoms with Gasteiger partial charge in [-0.15, -0.1) is 0 Å². The van der Waals surface area contributed by atoms with Crippen molar-refractivity contribution in [2.75, 3.05) is 0 Å². The SMILES string of the molecule is C/C=C\c1nc2cc(F)ccc2cc1CC. The predicted molar refractivity (Wildman–Crippen MR) is 65.8 cm³/mol. The highest BCUT2D eigenvalue weighted by Crippen LogP contribution is 2.19. The summed E-state index contributed by atoms with van der Waals surface area (Å²) in [6.45, 7) is 4.05. The lowest BCUT2D eigenvalue weighted by Gasteiger charge is -2.05. The third-order valence-corrected chi connectivity index (χ3v) is 2.60. The largest absolute Gasteiger partial charge is 0.248 e. The van der Waals surface area contributed by atoms with Crippen molar-refractivity contribution < 1.29 is 4.39 Å². The summed E-state index contributed by atoms with van der Waals surface area (Å²) in [4.78, 5) is 4.47. The van der Waals surface area contributed by atoms with Gasteiger partial charge in [0.05, 0.1) is 11.2 Å². The van der Waals surface area contributed by atoms with Crippen molar-refractivity contribution in [1.82, 2.24) is 4.98 Å². The van der Waals surface area contributed by atoms with E-state index in [0.29, 0.717) is 5.52 Å². The van der Waals surface area contributed by atoms with Gasteiger partial charge in [-0.1, -0.05) is 13.0 Å². The number of aromatic nitrogens is 1. The van der Waals surface area contributed by atoms with Crippen molar-refractivity contribution in [3.8, 4) is 0 Å². The molecule has 1 heterocycles. The van der Waals surface area contributed by atoms with Crippen LogP contribution < -0.4 is 0 Å². The fourth-order valence-electron chi connectivity index (χ4n) is 1.78. The molecule has 0 atom stereocenters. The maximum Gasteiger partial charge on any atom is 0.125 e. The molecule has 1 aromatic heterocycles. The number of aryl methyl sites for hydroxylation is 1. The van der Waals surface area contributed by atoms with Crippen LogP contribution in [0.4, 0.5) is 4.39 Å². The Morgan fingerprint density at radius 1 is 1.31 bits per heavy atom. The molecule has 0 saturated heterocycles. The van der Waals surface area contributed by atoms with Crippen LogP contribution in [0.25, 0.3) is 17.0 Å². The molecule has 2 heteroatoms. The van der Waals surface area contributed by atoms with Crippen LogP contribution in [0, 0.1) is 5.82 Å². The Kier molecular flexibility index (Phi) is 3.00. The molecule has 82 valence electrons. The van der Waals surface area contributed by atoms with E-state index in [-0.39, 0.29) is 5.82 Å². The monoisotopic (exact) mass is 215 g/mol. The molecule has 0 radical (unpaired) electrons. The van der Waals surface area contributed by atoms with Gasteiger partial charge in [-0.05, 0) is 43.2 Å². The molecule has 0 fully saturated rings. The number of allylic oxidation sites excluding steroid dienone is 1. The lowest BCUT2D eigenvalue weighted by atomic mass is 10.1. The summed E-state index contributed by atoms with van der Waals surface area (Å²) in [6.07, 6.45) is 4.84. The first kappa shape index (κ1) is 10.8. The number of fused-ring (bicyclic) bond motifs is 1. The maximum atomic E-state index is 13.1. The van der Waals surface area contributed by atoms with E-state index in [2.05, 4.69) is 18.0 Å². The molecule has 0 saturated carbocycles. The van der Waals surface area contributed by atoms with Gasteiger partial charge in [0, 0.05) is 11.5 Å². The Bertz CT molecular complexity index is 544. The molecule has 1 nitrogen and oxygen atoms in total. The van der Waals surface area contributed by atoms with Crippen LogP contribution in [-0.2, 0) is 6.42 Å². The Morgan fingerprint density at radius 2 is 2.12 bits per heavy atom. The number of hydrogen-bond acceptors (Lipinski definition) is 1. The van der Waals surface area contributed by atoms with Gasteiger partial charge in [0.15, 0.2) is 0 Å². The number of pyridine rings is 1. The Morgan fingerprint density at radius 3 is 2.81 bits per heavy atom. The van der Waals surface area contributed by atoms with Gasteiger partial charge < -0.3 is 0 Å². The molecule has 0 aliphatic carbocycles. The molecular formula is C14H14FN. The summed E-state index contributed by atoms with van der Waals surface area (Å²) in [5, 5.41) is 0.992. The number of halogens is 1. The Labute approximate surface area is 94.6 Å². The highest BCUT2D eigenvalue weighted by Gasteiger charge is 2.03. The van der Waals surface area contributed by atoms with Crippen LogP contribution in [-0.4, -0.2) is 4.98 Å². The highest BCUT2D eigenvalue weighted by molar-refractivity contribution is 5.81. The number of hydrogen-bond donors (Lipinski definition) is 0. The summed E-state index contributed by atoms with van der Waals surface area (Å²) < 4.78 is 13.1. The average molecular weight is 215 g/mol. The predicted octanol–water partition coefficient (Wildman–Crippen LogP) is 3.97. The van der Waals surface area contributed by atoms with Crippen LogP contribution in [0.15, 0.2) is 30.3 Å². The van der Waals surface area contributed by atoms with Crippen molar-refractivity contribution in [2.24, 2.45) is 0 Å². The van der Waals surface area contributed by atoms with Gasteiger partial charge in [0.1, 0.15) is 5.82 Å². The zero-order valence-corrected chi connectivity index (χ0v) is 9.50. The van der Waals surface area contributed by atoms with Crippen LogP contribution in [0.5, 0.6) is 0 Å². The first-order chi connectivity index (χ1) is 7.74. The smallest absolute Gasteiger partial charge is 0.125 e. The van der Waals surface area contributed by atoms with Gasteiger partial charge in [0.2, 0.25) is 0 Å². The molecule has 0 amide bonds. The van der Waals surface area contributed by atoms with Crippen molar-refractivity contribution >= 4 is 17.0 Å². The number of nitrogens with zero attached hydrogens (tertiary/aromatic N) is 1. The number of rotatable bonds is 2. The van der Waals surface area contributed by atoms with E-state index in [4.69, 9.17) is 0 Å². The lowest BCUT2D eigenvalue weighted by molar-refractivity contribution is 0.629. The van der Waals surface area contributed by atoms with Crippen molar-refractivity contribution in [3.05, 3.63) is 47.4 Å². The van der Waals surface area contributed by atoms with Gasteiger partial charge >= 0.3 is 0 Å². The molecule has 2 aromatic rings. The normalized spacial score (nSPS) is 11.4. The average Bonchev–Trinajstić information content (AvgIpc) is 2.28.